The van der Waals surface area contributed by atoms with Crippen LogP contribution in [0.3, 0.4) is 0 Å². The second-order valence-corrected chi connectivity index (χ2v) is 4.45. The van der Waals surface area contributed by atoms with E-state index < -0.39 is 0 Å². The van der Waals surface area contributed by atoms with Gasteiger partial charge in [0.1, 0.15) is 5.75 Å². The van der Waals surface area contributed by atoms with Gasteiger partial charge in [-0.15, -0.1) is 16.9 Å². The van der Waals surface area contributed by atoms with E-state index in [2.05, 4.69) is 15.5 Å². The lowest BCUT2D eigenvalue weighted by Gasteiger charge is -2.03. The standard InChI is InChI=1S/C11H11N3O3S/c1-7-13-14-11(17-7)12-10(16)6-18-9-5-3-2-4-8(9)15/h2-5,15H,6H2,1H3,(H,12,14,16). The van der Waals surface area contributed by atoms with E-state index >= 15 is 0 Å². The quantitative estimate of drug-likeness (QED) is 0.820. The van der Waals surface area contributed by atoms with E-state index in [0.29, 0.717) is 10.8 Å². The number of carbonyl (C=O) groups excluding carboxylic acids is 1. The first-order chi connectivity index (χ1) is 8.65. The van der Waals surface area contributed by atoms with Crippen LogP contribution in [0, 0.1) is 6.92 Å². The Kier molecular flexibility index (Phi) is 3.83. The number of nitrogens with one attached hydrogen (secondary N) is 1. The summed E-state index contributed by atoms with van der Waals surface area (Å²) in [5.41, 5.74) is 0. The lowest BCUT2D eigenvalue weighted by Crippen LogP contribution is -2.14. The number of carbonyl (C=O) groups is 1. The number of aryl methyl sites for hydroxylation is 1. The number of benzene rings is 1. The number of para-hydroxylation sites is 1. The molecule has 2 N–H and O–H groups in total. The molecule has 0 saturated carbocycles. The summed E-state index contributed by atoms with van der Waals surface area (Å²) in [6.07, 6.45) is 0. The fourth-order valence-electron chi connectivity index (χ4n) is 1.22. The van der Waals surface area contributed by atoms with Crippen molar-refractivity contribution in [2.75, 3.05) is 11.1 Å². The first-order valence-corrected chi connectivity index (χ1v) is 6.14. The van der Waals surface area contributed by atoms with Crippen molar-refractivity contribution in [3.8, 4) is 5.75 Å². The molecule has 0 aliphatic carbocycles. The summed E-state index contributed by atoms with van der Waals surface area (Å²) in [7, 11) is 0. The molecular weight excluding hydrogens is 254 g/mol. The Morgan fingerprint density at radius 3 is 2.89 bits per heavy atom. The summed E-state index contributed by atoms with van der Waals surface area (Å²) in [5, 5.41) is 19.2. The molecule has 1 aromatic carbocycles. The van der Waals surface area contributed by atoms with Crippen molar-refractivity contribution in [1.29, 1.82) is 0 Å². The van der Waals surface area contributed by atoms with Gasteiger partial charge in [0.2, 0.25) is 11.8 Å². The summed E-state index contributed by atoms with van der Waals surface area (Å²) in [5.74, 6) is 0.424. The van der Waals surface area contributed by atoms with Gasteiger partial charge in [-0.05, 0) is 12.1 Å². The predicted octanol–water partition coefficient (Wildman–Crippen LogP) is 1.81. The van der Waals surface area contributed by atoms with Crippen LogP contribution in [0.5, 0.6) is 5.75 Å². The van der Waals surface area contributed by atoms with E-state index in [9.17, 15) is 9.90 Å². The second kappa shape index (κ2) is 5.54. The average Bonchev–Trinajstić information content (AvgIpc) is 2.74. The molecule has 0 saturated heterocycles. The third-order valence-electron chi connectivity index (χ3n) is 2.00. The molecule has 2 rings (SSSR count). The summed E-state index contributed by atoms with van der Waals surface area (Å²) < 4.78 is 5.02. The maximum Gasteiger partial charge on any atom is 0.322 e. The first-order valence-electron chi connectivity index (χ1n) is 5.16. The highest BCUT2D eigenvalue weighted by Crippen LogP contribution is 2.27. The van der Waals surface area contributed by atoms with Crippen molar-refractivity contribution in [2.24, 2.45) is 0 Å². The molecular formula is C11H11N3O3S. The predicted molar refractivity (Wildman–Crippen MR) is 66.5 cm³/mol. The number of thioether (sulfide) groups is 1. The number of rotatable bonds is 4. The van der Waals surface area contributed by atoms with Gasteiger partial charge >= 0.3 is 6.01 Å². The lowest BCUT2D eigenvalue weighted by atomic mass is 10.3. The van der Waals surface area contributed by atoms with E-state index in [1.807, 2.05) is 0 Å². The third kappa shape index (κ3) is 3.24. The SMILES string of the molecule is Cc1nnc(NC(=O)CSc2ccccc2O)o1. The van der Waals surface area contributed by atoms with Crippen LogP contribution < -0.4 is 5.32 Å². The first kappa shape index (κ1) is 12.4. The van der Waals surface area contributed by atoms with Crippen molar-refractivity contribution in [3.05, 3.63) is 30.2 Å². The third-order valence-corrected chi connectivity index (χ3v) is 3.06. The highest BCUT2D eigenvalue weighted by atomic mass is 32.2. The fourth-order valence-corrected chi connectivity index (χ4v) is 1.97. The number of anilines is 1. The molecule has 0 radical (unpaired) electrons. The second-order valence-electron chi connectivity index (χ2n) is 3.43. The van der Waals surface area contributed by atoms with Gasteiger partial charge in [0.15, 0.2) is 0 Å². The molecule has 0 fully saturated rings. The number of aromatic hydroxyl groups is 1. The minimum absolute atomic E-state index is 0.0791. The molecule has 1 amide bonds. The van der Waals surface area contributed by atoms with E-state index in [-0.39, 0.29) is 23.4 Å². The molecule has 0 aliphatic heterocycles. The van der Waals surface area contributed by atoms with Gasteiger partial charge in [0, 0.05) is 11.8 Å². The molecule has 2 aromatic rings. The van der Waals surface area contributed by atoms with Crippen molar-refractivity contribution in [2.45, 2.75) is 11.8 Å². The number of phenolic OH excluding ortho intramolecular Hbond substituents is 1. The van der Waals surface area contributed by atoms with Crippen LogP contribution in [0.15, 0.2) is 33.6 Å². The molecule has 0 unspecified atom stereocenters. The summed E-state index contributed by atoms with van der Waals surface area (Å²) in [6, 6.07) is 6.91. The van der Waals surface area contributed by atoms with Gasteiger partial charge in [0.05, 0.1) is 5.75 Å². The van der Waals surface area contributed by atoms with Crippen molar-refractivity contribution in [3.63, 3.8) is 0 Å². The highest BCUT2D eigenvalue weighted by molar-refractivity contribution is 8.00. The minimum atomic E-state index is -0.271. The Balaban J connectivity index is 1.87. The van der Waals surface area contributed by atoms with Crippen LogP contribution in [-0.2, 0) is 4.79 Å². The number of amides is 1. The van der Waals surface area contributed by atoms with E-state index in [1.54, 1.807) is 31.2 Å². The summed E-state index contributed by atoms with van der Waals surface area (Å²) in [6.45, 7) is 1.64. The van der Waals surface area contributed by atoms with Gasteiger partial charge in [0.25, 0.3) is 0 Å². The highest BCUT2D eigenvalue weighted by Gasteiger charge is 2.09. The van der Waals surface area contributed by atoms with Gasteiger partial charge in [-0.2, -0.15) is 0 Å². The van der Waals surface area contributed by atoms with Gasteiger partial charge in [-0.1, -0.05) is 17.2 Å². The normalized spacial score (nSPS) is 10.3. The Morgan fingerprint density at radius 1 is 1.44 bits per heavy atom. The number of nitrogens with zero attached hydrogens (tertiary/aromatic N) is 2. The maximum absolute atomic E-state index is 11.6. The van der Waals surface area contributed by atoms with Crippen LogP contribution in [-0.4, -0.2) is 27.0 Å². The molecule has 7 heteroatoms. The molecule has 1 aromatic heterocycles. The van der Waals surface area contributed by atoms with Gasteiger partial charge < -0.3 is 9.52 Å². The molecule has 1 heterocycles. The molecule has 0 spiro atoms. The largest absolute Gasteiger partial charge is 0.507 e. The molecule has 0 bridgehead atoms. The Bertz CT molecular complexity index is 556. The van der Waals surface area contributed by atoms with E-state index in [4.69, 9.17) is 4.42 Å². The van der Waals surface area contributed by atoms with E-state index in [0.717, 1.165) is 0 Å². The monoisotopic (exact) mass is 265 g/mol. The van der Waals surface area contributed by atoms with Crippen molar-refractivity contribution >= 4 is 23.7 Å². The van der Waals surface area contributed by atoms with Crippen LogP contribution in [0.2, 0.25) is 0 Å². The number of hydrogen-bond donors (Lipinski definition) is 2. The molecule has 0 aliphatic rings. The number of hydrogen-bond acceptors (Lipinski definition) is 6. The molecule has 94 valence electrons. The van der Waals surface area contributed by atoms with Crippen LogP contribution >= 0.6 is 11.8 Å². The zero-order valence-electron chi connectivity index (χ0n) is 9.58. The number of phenols is 1. The van der Waals surface area contributed by atoms with Gasteiger partial charge in [-0.3, -0.25) is 10.1 Å². The zero-order chi connectivity index (χ0) is 13.0. The molecule has 6 nitrogen and oxygen atoms in total. The fraction of sp³-hybridized carbons (Fsp3) is 0.182. The maximum atomic E-state index is 11.6. The lowest BCUT2D eigenvalue weighted by molar-refractivity contribution is -0.113. The topological polar surface area (TPSA) is 88.2 Å². The van der Waals surface area contributed by atoms with Crippen LogP contribution in [0.1, 0.15) is 5.89 Å². The minimum Gasteiger partial charge on any atom is -0.507 e. The van der Waals surface area contributed by atoms with Crippen LogP contribution in [0.4, 0.5) is 6.01 Å². The molecule has 18 heavy (non-hydrogen) atoms. The smallest absolute Gasteiger partial charge is 0.322 e. The summed E-state index contributed by atoms with van der Waals surface area (Å²) in [4.78, 5) is 12.2. The van der Waals surface area contributed by atoms with E-state index in [1.165, 1.54) is 11.8 Å². The number of aromatic nitrogens is 2. The summed E-state index contributed by atoms with van der Waals surface area (Å²) >= 11 is 1.23. The van der Waals surface area contributed by atoms with Crippen molar-refractivity contribution in [1.82, 2.24) is 10.2 Å². The van der Waals surface area contributed by atoms with Crippen LogP contribution in [0.25, 0.3) is 0 Å². The van der Waals surface area contributed by atoms with Gasteiger partial charge in [-0.25, -0.2) is 0 Å². The Hall–Kier alpha value is -2.02. The van der Waals surface area contributed by atoms with Crippen molar-refractivity contribution < 1.29 is 14.3 Å². The average molecular weight is 265 g/mol. The Labute approximate surface area is 107 Å². The Morgan fingerprint density at radius 2 is 2.22 bits per heavy atom. The zero-order valence-corrected chi connectivity index (χ0v) is 10.4. The molecule has 0 atom stereocenters.